The third kappa shape index (κ3) is 1.18. The summed E-state index contributed by atoms with van der Waals surface area (Å²) in [6.45, 7) is 6.10. The van der Waals surface area contributed by atoms with Gasteiger partial charge in [-0.1, -0.05) is 20.3 Å². The van der Waals surface area contributed by atoms with Crippen LogP contribution in [0.15, 0.2) is 4.99 Å². The molecule has 0 spiro atoms. The minimum atomic E-state index is -0.937. The molecule has 15 heavy (non-hydrogen) atoms. The number of rotatable bonds is 4. The van der Waals surface area contributed by atoms with Crippen LogP contribution >= 0.6 is 0 Å². The number of ether oxygens (including phenoxy) is 3. The van der Waals surface area contributed by atoms with Gasteiger partial charge in [-0.3, -0.25) is 0 Å². The maximum Gasteiger partial charge on any atom is 0.357 e. The van der Waals surface area contributed by atoms with Crippen molar-refractivity contribution in [3.05, 3.63) is 0 Å². The van der Waals surface area contributed by atoms with Crippen LogP contribution in [0.4, 0.5) is 0 Å². The summed E-state index contributed by atoms with van der Waals surface area (Å²) in [5.74, 6) is -0.269. The second-order valence-electron chi connectivity index (χ2n) is 4.18. The van der Waals surface area contributed by atoms with E-state index < -0.39 is 5.97 Å². The maximum absolute atomic E-state index is 5.72. The predicted molar refractivity (Wildman–Crippen MR) is 56.7 cm³/mol. The van der Waals surface area contributed by atoms with E-state index in [2.05, 4.69) is 18.8 Å². The van der Waals surface area contributed by atoms with E-state index in [4.69, 9.17) is 14.2 Å². The molecule has 4 nitrogen and oxygen atoms in total. The summed E-state index contributed by atoms with van der Waals surface area (Å²) in [5, 5.41) is 0. The summed E-state index contributed by atoms with van der Waals surface area (Å²) in [4.78, 5) is 4.62. The van der Waals surface area contributed by atoms with Crippen LogP contribution in [-0.2, 0) is 14.2 Å². The highest BCUT2D eigenvalue weighted by Crippen LogP contribution is 2.54. The topological polar surface area (TPSA) is 40.0 Å². The second-order valence-corrected chi connectivity index (χ2v) is 4.18. The molecule has 3 atom stereocenters. The van der Waals surface area contributed by atoms with Crippen molar-refractivity contribution < 1.29 is 14.2 Å². The van der Waals surface area contributed by atoms with Crippen LogP contribution in [0.25, 0.3) is 0 Å². The Morgan fingerprint density at radius 1 is 1.47 bits per heavy atom. The van der Waals surface area contributed by atoms with Gasteiger partial charge in [-0.2, -0.15) is 0 Å². The van der Waals surface area contributed by atoms with E-state index >= 15 is 0 Å². The van der Waals surface area contributed by atoms with Gasteiger partial charge in [-0.25, -0.2) is 4.99 Å². The Morgan fingerprint density at radius 2 is 2.20 bits per heavy atom. The van der Waals surface area contributed by atoms with E-state index in [0.717, 1.165) is 19.3 Å². The van der Waals surface area contributed by atoms with E-state index in [-0.39, 0.29) is 11.6 Å². The molecule has 2 aliphatic heterocycles. The number of hydrogen-bond acceptors (Lipinski definition) is 4. The van der Waals surface area contributed by atoms with Gasteiger partial charge in [0, 0.05) is 14.0 Å². The second kappa shape index (κ2) is 3.46. The van der Waals surface area contributed by atoms with Crippen molar-refractivity contribution in [2.75, 3.05) is 7.11 Å². The lowest BCUT2D eigenvalue weighted by molar-refractivity contribution is -0.461. The Labute approximate surface area is 90.6 Å². The zero-order chi connectivity index (χ0) is 11.1. The molecule has 0 aromatic rings. The molecule has 0 radical (unpaired) electrons. The van der Waals surface area contributed by atoms with Crippen LogP contribution < -0.4 is 0 Å². The van der Waals surface area contributed by atoms with Crippen LogP contribution in [0.2, 0.25) is 0 Å². The minimum Gasteiger partial charge on any atom is -0.424 e. The Hall–Kier alpha value is -0.610. The summed E-state index contributed by atoms with van der Waals surface area (Å²) in [7, 11) is 1.62. The monoisotopic (exact) mass is 213 g/mol. The lowest BCUT2D eigenvalue weighted by atomic mass is 9.79. The number of hydrogen-bond donors (Lipinski definition) is 0. The third-order valence-electron chi connectivity index (χ3n) is 3.27. The molecule has 0 aromatic carbocycles. The normalized spacial score (nSPS) is 42.9. The summed E-state index contributed by atoms with van der Waals surface area (Å²) >= 11 is 0. The van der Waals surface area contributed by atoms with Crippen molar-refractivity contribution in [1.29, 1.82) is 0 Å². The fraction of sp³-hybridized carbons (Fsp3) is 0.909. The Kier molecular flexibility index (Phi) is 2.51. The van der Waals surface area contributed by atoms with E-state index in [0.29, 0.717) is 5.90 Å². The first-order valence-electron chi connectivity index (χ1n) is 5.62. The average Bonchev–Trinajstić information content (AvgIpc) is 2.41. The molecule has 0 aliphatic carbocycles. The molecule has 86 valence electrons. The number of methoxy groups -OCH3 is 1. The first kappa shape index (κ1) is 10.9. The molecule has 1 fully saturated rings. The van der Waals surface area contributed by atoms with E-state index in [1.54, 1.807) is 7.11 Å². The molecule has 4 heteroatoms. The number of aliphatic imine (C=N–C) groups is 1. The molecular weight excluding hydrogens is 194 g/mol. The van der Waals surface area contributed by atoms with Crippen LogP contribution in [0, 0.1) is 0 Å². The first-order chi connectivity index (χ1) is 7.14. The van der Waals surface area contributed by atoms with Crippen LogP contribution in [-0.4, -0.2) is 30.6 Å². The van der Waals surface area contributed by atoms with Crippen molar-refractivity contribution in [3.63, 3.8) is 0 Å². The van der Waals surface area contributed by atoms with Crippen LogP contribution in [0.1, 0.15) is 40.0 Å². The summed E-state index contributed by atoms with van der Waals surface area (Å²) < 4.78 is 16.7. The fourth-order valence-corrected chi connectivity index (χ4v) is 2.72. The van der Waals surface area contributed by atoms with Crippen molar-refractivity contribution >= 4 is 5.90 Å². The first-order valence-corrected chi connectivity index (χ1v) is 5.62. The highest BCUT2D eigenvalue weighted by molar-refractivity contribution is 5.76. The molecule has 0 N–H and O–H groups in total. The van der Waals surface area contributed by atoms with Gasteiger partial charge in [0.2, 0.25) is 0 Å². The van der Waals surface area contributed by atoms with Gasteiger partial charge < -0.3 is 14.2 Å². The predicted octanol–water partition coefficient (Wildman–Crippen LogP) is 2.08. The van der Waals surface area contributed by atoms with Gasteiger partial charge >= 0.3 is 5.97 Å². The largest absolute Gasteiger partial charge is 0.424 e. The minimum absolute atomic E-state index is 0.120. The van der Waals surface area contributed by atoms with E-state index in [1.165, 1.54) is 0 Å². The Balaban J connectivity index is 2.31. The highest BCUT2D eigenvalue weighted by atomic mass is 16.9. The molecule has 0 saturated carbocycles. The molecule has 2 aliphatic rings. The van der Waals surface area contributed by atoms with Gasteiger partial charge in [0.15, 0.2) is 11.4 Å². The van der Waals surface area contributed by atoms with Gasteiger partial charge in [0.05, 0.1) is 6.10 Å². The van der Waals surface area contributed by atoms with Crippen molar-refractivity contribution in [1.82, 2.24) is 0 Å². The lowest BCUT2D eigenvalue weighted by Gasteiger charge is -2.54. The van der Waals surface area contributed by atoms with Gasteiger partial charge in [-0.05, 0) is 12.8 Å². The highest BCUT2D eigenvalue weighted by Gasteiger charge is 2.73. The van der Waals surface area contributed by atoms with Gasteiger partial charge in [-0.15, -0.1) is 0 Å². The maximum atomic E-state index is 5.72. The SMILES string of the molecule is CCC[C@@]12N=C(C)O[C@]1(OC)O[C@H]2CC. The molecule has 0 unspecified atom stereocenters. The summed E-state index contributed by atoms with van der Waals surface area (Å²) in [6.07, 6.45) is 3.04. The molecule has 2 rings (SSSR count). The number of nitrogens with zero attached hydrogens (tertiary/aromatic N) is 1. The van der Waals surface area contributed by atoms with E-state index in [1.807, 2.05) is 6.92 Å². The van der Waals surface area contributed by atoms with Gasteiger partial charge in [0.1, 0.15) is 0 Å². The zero-order valence-corrected chi connectivity index (χ0v) is 9.87. The van der Waals surface area contributed by atoms with Crippen molar-refractivity contribution in [3.8, 4) is 0 Å². The fourth-order valence-electron chi connectivity index (χ4n) is 2.72. The standard InChI is InChI=1S/C11H19NO3/c1-5-7-10-9(6-2)15-11(10,13-4)14-8(3)12-10/h9H,5-7H2,1-4H3/t9-,10-,11-/m0/s1. The zero-order valence-electron chi connectivity index (χ0n) is 9.87. The Bertz CT molecular complexity index is 292. The molecule has 1 saturated heterocycles. The molecule has 0 aromatic heterocycles. The van der Waals surface area contributed by atoms with Gasteiger partial charge in [0.25, 0.3) is 0 Å². The summed E-state index contributed by atoms with van der Waals surface area (Å²) in [6, 6.07) is 0. The molecule has 2 heterocycles. The summed E-state index contributed by atoms with van der Waals surface area (Å²) in [5.41, 5.74) is -0.310. The quantitative estimate of drug-likeness (QED) is 0.717. The van der Waals surface area contributed by atoms with Crippen molar-refractivity contribution in [2.24, 2.45) is 4.99 Å². The van der Waals surface area contributed by atoms with E-state index in [9.17, 15) is 0 Å². The molecular formula is C11H19NO3. The molecule has 0 amide bonds. The number of fused-ring (bicyclic) bond motifs is 1. The van der Waals surface area contributed by atoms with Crippen LogP contribution in [0.3, 0.4) is 0 Å². The van der Waals surface area contributed by atoms with Crippen LogP contribution in [0.5, 0.6) is 0 Å². The third-order valence-corrected chi connectivity index (χ3v) is 3.27. The Morgan fingerprint density at radius 3 is 2.73 bits per heavy atom. The van der Waals surface area contributed by atoms with Crippen molar-refractivity contribution in [2.45, 2.75) is 57.6 Å². The molecule has 0 bridgehead atoms. The average molecular weight is 213 g/mol. The smallest absolute Gasteiger partial charge is 0.357 e. The lowest BCUT2D eigenvalue weighted by Crippen LogP contribution is -2.72.